The zero-order valence-corrected chi connectivity index (χ0v) is 13.0. The van der Waals surface area contributed by atoms with E-state index < -0.39 is 0 Å². The average molecular weight is 327 g/mol. The smallest absolute Gasteiger partial charge is 0.0846 e. The first-order valence-corrected chi connectivity index (χ1v) is 8.99. The fourth-order valence-electron chi connectivity index (χ4n) is 1.74. The number of halogens is 2. The molecule has 0 unspecified atom stereocenters. The Kier molecular flexibility index (Phi) is 3.87. The Hall–Kier alpha value is 1.20. The van der Waals surface area contributed by atoms with E-state index >= 15 is 0 Å². The van der Waals surface area contributed by atoms with E-state index in [1.807, 2.05) is 23.5 Å². The van der Waals surface area contributed by atoms with Gasteiger partial charge in [0.05, 0.1) is 8.47 Å². The minimum absolute atomic E-state index is 0.722. The SMILES string of the molecule is ClC1=C(Cl)SC(=C2SC3=C(CCCC3)S2)S1. The molecule has 0 spiro atoms. The van der Waals surface area contributed by atoms with Crippen molar-refractivity contribution in [1.82, 2.24) is 0 Å². The zero-order valence-electron chi connectivity index (χ0n) is 8.22. The van der Waals surface area contributed by atoms with E-state index in [2.05, 4.69) is 0 Å². The molecule has 86 valence electrons. The fourth-order valence-corrected chi connectivity index (χ4v) is 7.84. The van der Waals surface area contributed by atoms with Crippen molar-refractivity contribution >= 4 is 70.2 Å². The molecule has 3 aliphatic rings. The largest absolute Gasteiger partial charge is 0.104 e. The molecule has 2 aliphatic heterocycles. The lowest BCUT2D eigenvalue weighted by Crippen LogP contribution is -1.89. The van der Waals surface area contributed by atoms with Gasteiger partial charge in [0.15, 0.2) is 0 Å². The van der Waals surface area contributed by atoms with Crippen molar-refractivity contribution in [3.05, 3.63) is 27.0 Å². The van der Waals surface area contributed by atoms with Gasteiger partial charge in [0, 0.05) is 9.81 Å². The van der Waals surface area contributed by atoms with Crippen LogP contribution in [0, 0.1) is 0 Å². The molecule has 6 heteroatoms. The van der Waals surface area contributed by atoms with Crippen LogP contribution < -0.4 is 0 Å². The Balaban J connectivity index is 1.79. The molecule has 0 saturated heterocycles. The summed E-state index contributed by atoms with van der Waals surface area (Å²) >= 11 is 19.1. The van der Waals surface area contributed by atoms with Crippen LogP contribution in [0.4, 0.5) is 0 Å². The van der Waals surface area contributed by atoms with Crippen molar-refractivity contribution in [1.29, 1.82) is 0 Å². The van der Waals surface area contributed by atoms with E-state index in [1.54, 1.807) is 33.3 Å². The Morgan fingerprint density at radius 3 is 1.62 bits per heavy atom. The van der Waals surface area contributed by atoms with Crippen LogP contribution >= 0.6 is 70.2 Å². The van der Waals surface area contributed by atoms with E-state index in [4.69, 9.17) is 23.2 Å². The van der Waals surface area contributed by atoms with Gasteiger partial charge in [-0.05, 0) is 25.7 Å². The highest BCUT2D eigenvalue weighted by atomic mass is 35.5. The van der Waals surface area contributed by atoms with Crippen molar-refractivity contribution < 1.29 is 0 Å². The van der Waals surface area contributed by atoms with E-state index in [1.165, 1.54) is 34.2 Å². The van der Waals surface area contributed by atoms with E-state index in [-0.39, 0.29) is 0 Å². The second kappa shape index (κ2) is 5.06. The molecule has 0 amide bonds. The Labute approximate surface area is 122 Å². The number of hydrogen-bond acceptors (Lipinski definition) is 4. The Morgan fingerprint density at radius 1 is 0.688 bits per heavy atom. The van der Waals surface area contributed by atoms with Crippen molar-refractivity contribution in [2.75, 3.05) is 0 Å². The van der Waals surface area contributed by atoms with Crippen molar-refractivity contribution in [3.8, 4) is 0 Å². The monoisotopic (exact) mass is 326 g/mol. The summed E-state index contributed by atoms with van der Waals surface area (Å²) < 4.78 is 4.09. The molecule has 0 N–H and O–H groups in total. The maximum atomic E-state index is 6.01. The quantitative estimate of drug-likeness (QED) is 0.500. The van der Waals surface area contributed by atoms with E-state index in [0.717, 1.165) is 8.73 Å². The molecule has 0 nitrogen and oxygen atoms in total. The fraction of sp³-hybridized carbons (Fsp3) is 0.400. The predicted molar refractivity (Wildman–Crippen MR) is 81.6 cm³/mol. The summed E-state index contributed by atoms with van der Waals surface area (Å²) in [7, 11) is 0. The normalized spacial score (nSPS) is 25.9. The molecule has 0 aromatic rings. The van der Waals surface area contributed by atoms with Crippen molar-refractivity contribution in [3.63, 3.8) is 0 Å². The molecular formula is C10H8Cl2S4. The summed E-state index contributed by atoms with van der Waals surface area (Å²) in [5.41, 5.74) is 0. The van der Waals surface area contributed by atoms with Gasteiger partial charge in [0.1, 0.15) is 8.73 Å². The number of rotatable bonds is 0. The van der Waals surface area contributed by atoms with Gasteiger partial charge in [0.2, 0.25) is 0 Å². The van der Waals surface area contributed by atoms with Crippen LogP contribution in [0.3, 0.4) is 0 Å². The lowest BCUT2D eigenvalue weighted by atomic mass is 10.1. The van der Waals surface area contributed by atoms with Gasteiger partial charge in [-0.1, -0.05) is 70.2 Å². The molecule has 0 radical (unpaired) electrons. The zero-order chi connectivity index (χ0) is 11.1. The van der Waals surface area contributed by atoms with Crippen LogP contribution in [0.25, 0.3) is 0 Å². The predicted octanol–water partition coefficient (Wildman–Crippen LogP) is 6.46. The summed E-state index contributed by atoms with van der Waals surface area (Å²) in [5, 5.41) is 0. The summed E-state index contributed by atoms with van der Waals surface area (Å²) in [6.45, 7) is 0. The van der Waals surface area contributed by atoms with Crippen LogP contribution in [-0.4, -0.2) is 0 Å². The van der Waals surface area contributed by atoms with E-state index in [9.17, 15) is 0 Å². The van der Waals surface area contributed by atoms with Crippen LogP contribution in [0.15, 0.2) is 27.0 Å². The Bertz CT molecular complexity index is 400. The van der Waals surface area contributed by atoms with Gasteiger partial charge < -0.3 is 0 Å². The van der Waals surface area contributed by atoms with Crippen LogP contribution in [0.5, 0.6) is 0 Å². The van der Waals surface area contributed by atoms with Crippen LogP contribution in [0.2, 0.25) is 0 Å². The second-order valence-corrected chi connectivity index (χ2v) is 9.56. The summed E-state index contributed by atoms with van der Waals surface area (Å²) in [4.78, 5) is 3.16. The van der Waals surface area contributed by atoms with Gasteiger partial charge in [0.25, 0.3) is 0 Å². The third-order valence-corrected chi connectivity index (χ3v) is 9.14. The van der Waals surface area contributed by atoms with Gasteiger partial charge in [-0.15, -0.1) is 0 Å². The molecule has 0 bridgehead atoms. The molecule has 0 fully saturated rings. The summed E-state index contributed by atoms with van der Waals surface area (Å²) in [6.07, 6.45) is 5.20. The minimum atomic E-state index is 0.722. The first kappa shape index (κ1) is 12.2. The lowest BCUT2D eigenvalue weighted by Gasteiger charge is -2.09. The second-order valence-electron chi connectivity index (χ2n) is 3.58. The van der Waals surface area contributed by atoms with Crippen LogP contribution in [0.1, 0.15) is 25.7 Å². The van der Waals surface area contributed by atoms with Gasteiger partial charge in [-0.3, -0.25) is 0 Å². The summed E-state index contributed by atoms with van der Waals surface area (Å²) in [6, 6.07) is 0. The van der Waals surface area contributed by atoms with Gasteiger partial charge in [-0.25, -0.2) is 0 Å². The molecular weight excluding hydrogens is 319 g/mol. The van der Waals surface area contributed by atoms with Crippen molar-refractivity contribution in [2.24, 2.45) is 0 Å². The first-order valence-electron chi connectivity index (χ1n) is 4.97. The molecule has 0 aromatic heterocycles. The molecule has 0 atom stereocenters. The molecule has 0 aromatic carbocycles. The highest BCUT2D eigenvalue weighted by molar-refractivity contribution is 8.34. The third kappa shape index (κ3) is 2.34. The molecule has 3 rings (SSSR count). The lowest BCUT2D eigenvalue weighted by molar-refractivity contribution is 0.718. The number of thioether (sulfide) groups is 4. The maximum absolute atomic E-state index is 6.01. The number of allylic oxidation sites excluding steroid dienone is 2. The van der Waals surface area contributed by atoms with Gasteiger partial charge in [-0.2, -0.15) is 0 Å². The topological polar surface area (TPSA) is 0 Å². The average Bonchev–Trinajstić information content (AvgIpc) is 2.83. The highest BCUT2D eigenvalue weighted by Gasteiger charge is 2.29. The van der Waals surface area contributed by atoms with Gasteiger partial charge >= 0.3 is 0 Å². The molecule has 0 saturated carbocycles. The first-order chi connectivity index (χ1) is 7.74. The highest BCUT2D eigenvalue weighted by Crippen LogP contribution is 2.63. The number of hydrogen-bond donors (Lipinski definition) is 0. The Morgan fingerprint density at radius 2 is 1.12 bits per heavy atom. The molecule has 16 heavy (non-hydrogen) atoms. The standard InChI is InChI=1S/C10H8Cl2S4/c11-7-8(12)16-10(15-7)9-13-5-3-1-2-4-6(5)14-9/h1-4H2. The minimum Gasteiger partial charge on any atom is -0.0846 e. The van der Waals surface area contributed by atoms with Crippen molar-refractivity contribution in [2.45, 2.75) is 25.7 Å². The summed E-state index contributed by atoms with van der Waals surface area (Å²) in [5.74, 6) is 0. The molecule has 2 heterocycles. The van der Waals surface area contributed by atoms with Crippen LogP contribution in [-0.2, 0) is 0 Å². The molecule has 1 aliphatic carbocycles. The van der Waals surface area contributed by atoms with E-state index in [0.29, 0.717) is 0 Å². The maximum Gasteiger partial charge on any atom is 0.104 e. The third-order valence-electron chi connectivity index (χ3n) is 2.49.